The number of para-hydroxylation sites is 1. The van der Waals surface area contributed by atoms with E-state index in [-0.39, 0.29) is 37.3 Å². The molecular weight excluding hydrogens is 952 g/mol. The third-order valence-electron chi connectivity index (χ3n) is 12.3. The Morgan fingerprint density at radius 1 is 0.571 bits per heavy atom. The van der Waals surface area contributed by atoms with E-state index in [0.717, 1.165) is 55.9 Å². The molecule has 6 aromatic carbocycles. The van der Waals surface area contributed by atoms with Crippen molar-refractivity contribution in [3.05, 3.63) is 174 Å². The smallest absolute Gasteiger partial charge is 0.135 e. The zero-order valence-corrected chi connectivity index (χ0v) is 40.9. The van der Waals surface area contributed by atoms with Gasteiger partial charge in [0.1, 0.15) is 5.82 Å². The second-order valence-electron chi connectivity index (χ2n) is 20.2. The summed E-state index contributed by atoms with van der Waals surface area (Å²) in [7, 11) is 0. The maximum atomic E-state index is 6.93. The van der Waals surface area contributed by atoms with Gasteiger partial charge < -0.3 is 19.1 Å². The normalized spacial score (nSPS) is 13.1. The first-order valence-electron chi connectivity index (χ1n) is 21.8. The second-order valence-corrected chi connectivity index (χ2v) is 20.2. The van der Waals surface area contributed by atoms with Crippen LogP contribution < -0.4 is 14.5 Å². The molecule has 324 valence electrons. The Hall–Kier alpha value is -5.64. The summed E-state index contributed by atoms with van der Waals surface area (Å²) in [5, 5.41) is 2.23. The maximum absolute atomic E-state index is 6.93. The molecule has 63 heavy (non-hydrogen) atoms. The molecule has 0 bridgehead atoms. The average Bonchev–Trinajstić information content (AvgIpc) is 3.75. The Morgan fingerprint density at radius 2 is 1.25 bits per heavy atom. The topological polar surface area (TPSA) is 33.5 Å². The molecule has 2 aromatic heterocycles. The summed E-state index contributed by atoms with van der Waals surface area (Å²) >= 11 is 0. The molecule has 0 amide bonds. The van der Waals surface area contributed by atoms with E-state index in [2.05, 4.69) is 225 Å². The monoisotopic (exact) mass is 1010 g/mol. The standard InChI is InChI=1S/C57H57N4O.Pt/c1-36-26-37(2)54(38(3)27-36)39-28-44(60-35-59(43-17-15-16-40(30-43)55(4,5)6)52-31-41(56(7,8)9)20-23-50(52)60)33-46(29-39)62-45-21-22-48-47-18-13-14-19-49(47)61(51(48)34-45)53-32-42(24-25-58-53)57(10,11)12;/h13-32,35H,1-12H3;/q-3;. The Bertz CT molecular complexity index is 3010. The van der Waals surface area contributed by atoms with Crippen LogP contribution in [0, 0.1) is 39.6 Å². The van der Waals surface area contributed by atoms with Gasteiger partial charge in [0.05, 0.1) is 0 Å². The first kappa shape index (κ1) is 44.0. The predicted octanol–water partition coefficient (Wildman–Crippen LogP) is 15.5. The van der Waals surface area contributed by atoms with E-state index in [1.54, 1.807) is 0 Å². The number of hydrogen-bond donors (Lipinski definition) is 0. The summed E-state index contributed by atoms with van der Waals surface area (Å²) in [5.41, 5.74) is 15.9. The van der Waals surface area contributed by atoms with Gasteiger partial charge in [-0.15, -0.1) is 53.6 Å². The van der Waals surface area contributed by atoms with Crippen LogP contribution in [0.2, 0.25) is 0 Å². The van der Waals surface area contributed by atoms with Crippen molar-refractivity contribution in [3.8, 4) is 28.4 Å². The molecule has 0 saturated heterocycles. The van der Waals surface area contributed by atoms with E-state index in [9.17, 15) is 0 Å². The molecule has 6 heteroatoms. The van der Waals surface area contributed by atoms with Crippen molar-refractivity contribution in [1.82, 2.24) is 9.55 Å². The molecule has 0 spiro atoms. The van der Waals surface area contributed by atoms with Gasteiger partial charge in [0.25, 0.3) is 0 Å². The molecule has 0 unspecified atom stereocenters. The number of nitrogens with zero attached hydrogens (tertiary/aromatic N) is 4. The number of anilines is 4. The van der Waals surface area contributed by atoms with Gasteiger partial charge in [-0.25, -0.2) is 4.98 Å². The van der Waals surface area contributed by atoms with Crippen LogP contribution in [-0.4, -0.2) is 9.55 Å². The van der Waals surface area contributed by atoms with Crippen LogP contribution in [0.4, 0.5) is 22.7 Å². The van der Waals surface area contributed by atoms with Crippen LogP contribution in [0.25, 0.3) is 38.8 Å². The maximum Gasteiger partial charge on any atom is 0.135 e. The summed E-state index contributed by atoms with van der Waals surface area (Å²) in [5.74, 6) is 2.07. The molecule has 0 fully saturated rings. The van der Waals surface area contributed by atoms with Gasteiger partial charge in [0.15, 0.2) is 0 Å². The van der Waals surface area contributed by atoms with Crippen molar-refractivity contribution in [2.45, 2.75) is 99.3 Å². The van der Waals surface area contributed by atoms with Crippen molar-refractivity contribution in [2.75, 3.05) is 9.80 Å². The van der Waals surface area contributed by atoms with Crippen LogP contribution in [0.15, 0.2) is 121 Å². The van der Waals surface area contributed by atoms with E-state index in [0.29, 0.717) is 11.5 Å². The molecule has 0 saturated carbocycles. The number of rotatable bonds is 6. The van der Waals surface area contributed by atoms with Gasteiger partial charge in [-0.05, 0) is 118 Å². The number of fused-ring (bicyclic) bond motifs is 4. The minimum Gasteiger partial charge on any atom is -0.509 e. The summed E-state index contributed by atoms with van der Waals surface area (Å²) in [4.78, 5) is 9.49. The number of hydrogen-bond acceptors (Lipinski definition) is 4. The molecular formula is C57H57N4OPt-3. The quantitative estimate of drug-likeness (QED) is 0.155. The second kappa shape index (κ2) is 16.2. The zero-order chi connectivity index (χ0) is 43.9. The fraction of sp³-hybridized carbons (Fsp3) is 0.263. The first-order valence-corrected chi connectivity index (χ1v) is 21.8. The van der Waals surface area contributed by atoms with Gasteiger partial charge in [0.2, 0.25) is 0 Å². The molecule has 3 heterocycles. The van der Waals surface area contributed by atoms with E-state index in [1.807, 2.05) is 12.3 Å². The van der Waals surface area contributed by atoms with Gasteiger partial charge in [-0.3, -0.25) is 0 Å². The van der Waals surface area contributed by atoms with Crippen molar-refractivity contribution >= 4 is 44.6 Å². The fourth-order valence-electron chi connectivity index (χ4n) is 8.94. The van der Waals surface area contributed by atoms with Crippen LogP contribution >= 0.6 is 0 Å². The molecule has 0 radical (unpaired) electrons. The van der Waals surface area contributed by atoms with Crippen molar-refractivity contribution in [2.24, 2.45) is 0 Å². The van der Waals surface area contributed by atoms with Gasteiger partial charge in [0, 0.05) is 61.3 Å². The van der Waals surface area contributed by atoms with E-state index >= 15 is 0 Å². The molecule has 1 aliphatic rings. The zero-order valence-electron chi connectivity index (χ0n) is 38.6. The first-order chi connectivity index (χ1) is 29.3. The average molecular weight is 1010 g/mol. The number of aryl methyl sites for hydroxylation is 3. The van der Waals surface area contributed by atoms with E-state index in [1.165, 1.54) is 38.9 Å². The molecule has 0 aliphatic carbocycles. The van der Waals surface area contributed by atoms with Crippen LogP contribution in [0.3, 0.4) is 0 Å². The Kier molecular flexibility index (Phi) is 11.3. The molecule has 5 nitrogen and oxygen atoms in total. The molecule has 0 N–H and O–H groups in total. The number of benzene rings is 6. The molecule has 0 atom stereocenters. The van der Waals surface area contributed by atoms with Crippen LogP contribution in [0.1, 0.15) is 95.7 Å². The van der Waals surface area contributed by atoms with E-state index < -0.39 is 0 Å². The van der Waals surface area contributed by atoms with Crippen LogP contribution in [-0.2, 0) is 37.3 Å². The van der Waals surface area contributed by atoms with Crippen molar-refractivity contribution in [1.29, 1.82) is 0 Å². The fourth-order valence-corrected chi connectivity index (χ4v) is 8.94. The number of pyridine rings is 1. The Labute approximate surface area is 389 Å². The van der Waals surface area contributed by atoms with Gasteiger partial charge in [-0.2, -0.15) is 6.07 Å². The Morgan fingerprint density at radius 3 is 1.97 bits per heavy atom. The van der Waals surface area contributed by atoms with Gasteiger partial charge >= 0.3 is 0 Å². The summed E-state index contributed by atoms with van der Waals surface area (Å²) in [6.45, 7) is 29.1. The third kappa shape index (κ3) is 8.33. The molecule has 1 aliphatic heterocycles. The summed E-state index contributed by atoms with van der Waals surface area (Å²) in [6, 6.07) is 49.1. The van der Waals surface area contributed by atoms with Crippen LogP contribution in [0.5, 0.6) is 11.5 Å². The Balaban J connectivity index is 0.00000544. The molecule has 9 rings (SSSR count). The predicted molar refractivity (Wildman–Crippen MR) is 260 cm³/mol. The number of ether oxygens (including phenoxy) is 1. The van der Waals surface area contributed by atoms with Crippen molar-refractivity contribution < 1.29 is 25.8 Å². The SMILES string of the molecule is Cc1cc(C)c(-c2cc(Oc3[c-]c4c(cc3)c3ccccc3n4-c3cc(C(C)(C)C)ccn3)[c-]c(N3[CH-]N(c4cccc(C(C)(C)C)c4)c4cc(C(C)(C)C)ccc43)c2)c(C)c1.[Pt]. The minimum atomic E-state index is -0.0309. The molecule has 8 aromatic rings. The van der Waals surface area contributed by atoms with E-state index in [4.69, 9.17) is 9.72 Å². The van der Waals surface area contributed by atoms with Gasteiger partial charge in [-0.1, -0.05) is 122 Å². The third-order valence-corrected chi connectivity index (χ3v) is 12.3. The summed E-state index contributed by atoms with van der Waals surface area (Å²) < 4.78 is 9.15. The minimum absolute atomic E-state index is 0. The largest absolute Gasteiger partial charge is 0.509 e. The summed E-state index contributed by atoms with van der Waals surface area (Å²) in [6.07, 6.45) is 1.91. The number of aromatic nitrogens is 2. The van der Waals surface area contributed by atoms with Crippen molar-refractivity contribution in [3.63, 3.8) is 0 Å².